The number of hydrogen-bond acceptors (Lipinski definition) is 3. The molecule has 0 amide bonds. The lowest BCUT2D eigenvalue weighted by Crippen LogP contribution is -2.22. The van der Waals surface area contributed by atoms with Crippen molar-refractivity contribution in [2.75, 3.05) is 0 Å². The van der Waals surface area contributed by atoms with E-state index >= 15 is 0 Å². The van der Waals surface area contributed by atoms with Gasteiger partial charge in [-0.05, 0) is 71.4 Å². The maximum Gasteiger partial charge on any atom is 0.266 e. The quantitative estimate of drug-likeness (QED) is 0.425. The van der Waals surface area contributed by atoms with Gasteiger partial charge in [-0.2, -0.15) is 0 Å². The third kappa shape index (κ3) is 3.28. The first-order chi connectivity index (χ1) is 12.6. The molecule has 4 rings (SSSR count). The van der Waals surface area contributed by atoms with E-state index in [0.717, 1.165) is 19.9 Å². The van der Waals surface area contributed by atoms with Crippen molar-refractivity contribution in [3.63, 3.8) is 0 Å². The molecule has 128 valence electrons. The van der Waals surface area contributed by atoms with Crippen LogP contribution in [0.15, 0.2) is 69.2 Å². The number of rotatable bonds is 3. The molecular formula is C21H15BrN2OS. The zero-order valence-corrected chi connectivity index (χ0v) is 16.4. The highest BCUT2D eigenvalue weighted by Gasteiger charge is 2.10. The Morgan fingerprint density at radius 3 is 2.50 bits per heavy atom. The van der Waals surface area contributed by atoms with Crippen LogP contribution in [0.3, 0.4) is 0 Å². The summed E-state index contributed by atoms with van der Waals surface area (Å²) in [5, 5.41) is 0.615. The maximum atomic E-state index is 13.1. The summed E-state index contributed by atoms with van der Waals surface area (Å²) in [6, 6.07) is 19.4. The van der Waals surface area contributed by atoms with Gasteiger partial charge >= 0.3 is 0 Å². The number of hydrogen-bond donors (Lipinski definition) is 0. The minimum Gasteiger partial charge on any atom is -0.268 e. The zero-order chi connectivity index (χ0) is 18.1. The van der Waals surface area contributed by atoms with Crippen molar-refractivity contribution in [2.24, 2.45) is 0 Å². The Labute approximate surface area is 163 Å². The molecule has 2 heterocycles. The van der Waals surface area contributed by atoms with E-state index in [-0.39, 0.29) is 5.56 Å². The first-order valence-corrected chi connectivity index (χ1v) is 9.75. The average Bonchev–Trinajstić information content (AvgIpc) is 3.07. The highest BCUT2D eigenvalue weighted by Crippen LogP contribution is 2.24. The average molecular weight is 423 g/mol. The Balaban J connectivity index is 1.94. The molecule has 0 spiro atoms. The molecule has 0 fully saturated rings. The molecule has 2 aromatic heterocycles. The SMILES string of the molecule is Cc1ccc(-n2c(/C=C/c3ccc(Br)s3)nc3ccccc3c2=O)cc1. The third-order valence-corrected chi connectivity index (χ3v) is 5.67. The van der Waals surface area contributed by atoms with Crippen LogP contribution in [0, 0.1) is 6.92 Å². The molecule has 0 unspecified atom stereocenters. The van der Waals surface area contributed by atoms with Crippen molar-refractivity contribution < 1.29 is 0 Å². The van der Waals surface area contributed by atoms with Gasteiger partial charge in [-0.15, -0.1) is 11.3 Å². The van der Waals surface area contributed by atoms with Crippen molar-refractivity contribution in [1.29, 1.82) is 0 Å². The van der Waals surface area contributed by atoms with Crippen LogP contribution < -0.4 is 5.56 Å². The second-order valence-electron chi connectivity index (χ2n) is 5.94. The van der Waals surface area contributed by atoms with Gasteiger partial charge in [0.1, 0.15) is 5.82 Å². The van der Waals surface area contributed by atoms with E-state index in [1.54, 1.807) is 15.9 Å². The first-order valence-electron chi connectivity index (χ1n) is 8.14. The molecule has 0 saturated heterocycles. The van der Waals surface area contributed by atoms with E-state index < -0.39 is 0 Å². The van der Waals surface area contributed by atoms with Gasteiger partial charge in [-0.3, -0.25) is 9.36 Å². The van der Waals surface area contributed by atoms with E-state index in [4.69, 9.17) is 4.98 Å². The second-order valence-corrected chi connectivity index (χ2v) is 8.43. The molecule has 0 aliphatic rings. The summed E-state index contributed by atoms with van der Waals surface area (Å²) in [5.74, 6) is 0.613. The van der Waals surface area contributed by atoms with Crippen LogP contribution in [0.5, 0.6) is 0 Å². The number of fused-ring (bicyclic) bond motifs is 1. The van der Waals surface area contributed by atoms with Crippen LogP contribution in [0.25, 0.3) is 28.7 Å². The highest BCUT2D eigenvalue weighted by molar-refractivity contribution is 9.11. The van der Waals surface area contributed by atoms with E-state index in [2.05, 4.69) is 15.9 Å². The molecule has 0 atom stereocenters. The molecule has 26 heavy (non-hydrogen) atoms. The maximum absolute atomic E-state index is 13.1. The molecule has 0 N–H and O–H groups in total. The Morgan fingerprint density at radius 1 is 1.00 bits per heavy atom. The van der Waals surface area contributed by atoms with Crippen molar-refractivity contribution in [1.82, 2.24) is 9.55 Å². The summed E-state index contributed by atoms with van der Waals surface area (Å²) in [6.45, 7) is 2.03. The van der Waals surface area contributed by atoms with Crippen molar-refractivity contribution >= 4 is 50.3 Å². The van der Waals surface area contributed by atoms with Gasteiger partial charge in [0.05, 0.1) is 20.4 Å². The monoisotopic (exact) mass is 422 g/mol. The Hall–Kier alpha value is -2.50. The van der Waals surface area contributed by atoms with Crippen molar-refractivity contribution in [2.45, 2.75) is 6.92 Å². The molecule has 4 aromatic rings. The van der Waals surface area contributed by atoms with Gasteiger partial charge in [0.15, 0.2) is 0 Å². The van der Waals surface area contributed by atoms with Crippen LogP contribution in [0.4, 0.5) is 0 Å². The van der Waals surface area contributed by atoms with Crippen LogP contribution in [0.2, 0.25) is 0 Å². The normalized spacial score (nSPS) is 11.5. The van der Waals surface area contributed by atoms with E-state index in [1.165, 1.54) is 0 Å². The van der Waals surface area contributed by atoms with Crippen LogP contribution >= 0.6 is 27.3 Å². The third-order valence-electron chi connectivity index (χ3n) is 4.08. The molecule has 0 saturated carbocycles. The fourth-order valence-electron chi connectivity index (χ4n) is 2.78. The van der Waals surface area contributed by atoms with Crippen LogP contribution in [-0.2, 0) is 0 Å². The standard InChI is InChI=1S/C21H15BrN2OS/c1-14-6-8-15(9-7-14)24-20(13-11-16-10-12-19(22)26-16)23-18-5-3-2-4-17(18)21(24)25/h2-13H,1H3/b13-11+. The van der Waals surface area contributed by atoms with E-state index in [1.807, 2.05) is 79.7 Å². The smallest absolute Gasteiger partial charge is 0.266 e. The molecule has 0 aliphatic carbocycles. The molecule has 0 aliphatic heterocycles. The highest BCUT2D eigenvalue weighted by atomic mass is 79.9. The fraction of sp³-hybridized carbons (Fsp3) is 0.0476. The summed E-state index contributed by atoms with van der Waals surface area (Å²) in [4.78, 5) is 19.0. The summed E-state index contributed by atoms with van der Waals surface area (Å²) in [6.07, 6.45) is 3.88. The van der Waals surface area contributed by atoms with Crippen molar-refractivity contribution in [3.05, 3.63) is 91.1 Å². The summed E-state index contributed by atoms with van der Waals surface area (Å²) in [5.41, 5.74) is 2.60. The van der Waals surface area contributed by atoms with Gasteiger partial charge in [0.25, 0.3) is 5.56 Å². The minimum atomic E-state index is -0.0635. The van der Waals surface area contributed by atoms with Gasteiger partial charge < -0.3 is 0 Å². The van der Waals surface area contributed by atoms with Crippen LogP contribution in [0.1, 0.15) is 16.3 Å². The molecule has 3 nitrogen and oxygen atoms in total. The number of benzene rings is 2. The Kier molecular flexibility index (Phi) is 4.57. The van der Waals surface area contributed by atoms with Gasteiger partial charge in [-0.25, -0.2) is 4.98 Å². The minimum absolute atomic E-state index is 0.0635. The van der Waals surface area contributed by atoms with E-state index in [9.17, 15) is 4.79 Å². The predicted molar refractivity (Wildman–Crippen MR) is 113 cm³/mol. The van der Waals surface area contributed by atoms with E-state index in [0.29, 0.717) is 16.7 Å². The second kappa shape index (κ2) is 7.02. The summed E-state index contributed by atoms with van der Waals surface area (Å²) >= 11 is 5.11. The summed E-state index contributed by atoms with van der Waals surface area (Å²) < 4.78 is 2.74. The lowest BCUT2D eigenvalue weighted by molar-refractivity contribution is 0.943. The number of aromatic nitrogens is 2. The number of thiophene rings is 1. The first kappa shape index (κ1) is 16.9. The Morgan fingerprint density at radius 2 is 1.77 bits per heavy atom. The number of aryl methyl sites for hydroxylation is 1. The molecule has 2 aromatic carbocycles. The molecular weight excluding hydrogens is 408 g/mol. The van der Waals surface area contributed by atoms with Crippen molar-refractivity contribution in [3.8, 4) is 5.69 Å². The number of para-hydroxylation sites is 1. The zero-order valence-electron chi connectivity index (χ0n) is 14.0. The van der Waals surface area contributed by atoms with Gasteiger partial charge in [0, 0.05) is 4.88 Å². The largest absolute Gasteiger partial charge is 0.268 e. The lowest BCUT2D eigenvalue weighted by Gasteiger charge is -2.11. The lowest BCUT2D eigenvalue weighted by atomic mass is 10.2. The molecule has 0 radical (unpaired) electrons. The summed E-state index contributed by atoms with van der Waals surface area (Å²) in [7, 11) is 0. The van der Waals surface area contributed by atoms with Gasteiger partial charge in [0.2, 0.25) is 0 Å². The topological polar surface area (TPSA) is 34.9 Å². The number of halogens is 1. The fourth-order valence-corrected chi connectivity index (χ4v) is 4.11. The molecule has 5 heteroatoms. The Bertz CT molecular complexity index is 1170. The molecule has 0 bridgehead atoms. The van der Waals surface area contributed by atoms with Crippen LogP contribution in [-0.4, -0.2) is 9.55 Å². The van der Waals surface area contributed by atoms with Gasteiger partial charge in [-0.1, -0.05) is 29.8 Å². The number of nitrogens with zero attached hydrogens (tertiary/aromatic N) is 2. The predicted octanol–water partition coefficient (Wildman–Crippen LogP) is 5.69.